The fourth-order valence-electron chi connectivity index (χ4n) is 2.83. The van der Waals surface area contributed by atoms with Gasteiger partial charge in [0.25, 0.3) is 0 Å². The Bertz CT molecular complexity index is 430. The predicted octanol–water partition coefficient (Wildman–Crippen LogP) is 3.00. The summed E-state index contributed by atoms with van der Waals surface area (Å²) in [4.78, 5) is 2.45. The first-order valence-electron chi connectivity index (χ1n) is 7.41. The summed E-state index contributed by atoms with van der Waals surface area (Å²) in [6.45, 7) is 5.16. The summed E-state index contributed by atoms with van der Waals surface area (Å²) < 4.78 is 10.3. The lowest BCUT2D eigenvalue weighted by Crippen LogP contribution is -2.39. The van der Waals surface area contributed by atoms with Crippen LogP contribution in [0.4, 0.5) is 10.8 Å². The largest absolute Gasteiger partial charge is 0.383 e. The molecule has 106 valence electrons. The molecule has 0 amide bonds. The minimum Gasteiger partial charge on any atom is -0.383 e. The first-order valence-corrected chi connectivity index (χ1v) is 8.18. The lowest BCUT2D eigenvalue weighted by molar-refractivity contribution is 0.0441. The normalized spacial score (nSPS) is 23.8. The van der Waals surface area contributed by atoms with Gasteiger partial charge in [-0.3, -0.25) is 0 Å². The Hall–Kier alpha value is -0.810. The van der Waals surface area contributed by atoms with Gasteiger partial charge in [0.05, 0.1) is 6.10 Å². The molecule has 1 aromatic rings. The number of nitrogen functional groups attached to an aromatic ring is 1. The third kappa shape index (κ3) is 2.87. The van der Waals surface area contributed by atoms with Crippen LogP contribution in [0.3, 0.4) is 0 Å². The van der Waals surface area contributed by atoms with E-state index in [9.17, 15) is 0 Å². The van der Waals surface area contributed by atoms with Crippen LogP contribution in [0, 0.1) is 0 Å². The molecule has 5 heteroatoms. The number of rotatable bonds is 5. The highest BCUT2D eigenvalue weighted by Gasteiger charge is 2.33. The molecule has 0 bridgehead atoms. The van der Waals surface area contributed by atoms with Crippen molar-refractivity contribution in [2.24, 2.45) is 0 Å². The number of nitrogens with zero attached hydrogens (tertiary/aromatic N) is 2. The SMILES string of the molecule is CCCOC1CCCN(c2snc(N)c2C2CC2)C1. The first-order chi connectivity index (χ1) is 9.29. The van der Waals surface area contributed by atoms with Crippen molar-refractivity contribution >= 4 is 22.4 Å². The van der Waals surface area contributed by atoms with Crippen molar-refractivity contribution in [3.63, 3.8) is 0 Å². The third-order valence-electron chi connectivity index (χ3n) is 3.95. The number of hydrogen-bond acceptors (Lipinski definition) is 5. The quantitative estimate of drug-likeness (QED) is 0.901. The maximum Gasteiger partial charge on any atom is 0.142 e. The van der Waals surface area contributed by atoms with Gasteiger partial charge >= 0.3 is 0 Å². The molecule has 2 aliphatic rings. The van der Waals surface area contributed by atoms with Gasteiger partial charge in [-0.25, -0.2) is 0 Å². The van der Waals surface area contributed by atoms with E-state index >= 15 is 0 Å². The third-order valence-corrected chi connectivity index (χ3v) is 4.88. The molecule has 3 rings (SSSR count). The molecule has 0 aromatic carbocycles. The summed E-state index contributed by atoms with van der Waals surface area (Å²) in [5, 5.41) is 1.31. The summed E-state index contributed by atoms with van der Waals surface area (Å²) in [5.74, 6) is 1.43. The molecule has 2 N–H and O–H groups in total. The lowest BCUT2D eigenvalue weighted by atomic mass is 10.1. The molecule has 1 atom stereocenters. The smallest absolute Gasteiger partial charge is 0.142 e. The van der Waals surface area contributed by atoms with E-state index in [1.165, 1.54) is 36.2 Å². The van der Waals surface area contributed by atoms with Gasteiger partial charge < -0.3 is 15.4 Å². The molecule has 1 aromatic heterocycles. The summed E-state index contributed by atoms with van der Waals surface area (Å²) >= 11 is 1.57. The Morgan fingerprint density at radius 3 is 3.00 bits per heavy atom. The van der Waals surface area contributed by atoms with E-state index in [0.29, 0.717) is 12.0 Å². The van der Waals surface area contributed by atoms with Gasteiger partial charge in [0.1, 0.15) is 10.8 Å². The molecule has 1 saturated heterocycles. The minimum absolute atomic E-state index is 0.379. The molecule has 0 radical (unpaired) electrons. The first kappa shape index (κ1) is 13.2. The highest BCUT2D eigenvalue weighted by molar-refractivity contribution is 7.10. The van der Waals surface area contributed by atoms with Crippen LogP contribution in [-0.2, 0) is 4.74 Å². The van der Waals surface area contributed by atoms with Gasteiger partial charge in [-0.05, 0) is 49.6 Å². The molecule has 2 heterocycles. The molecule has 1 saturated carbocycles. The zero-order valence-corrected chi connectivity index (χ0v) is 12.4. The topological polar surface area (TPSA) is 51.4 Å². The van der Waals surface area contributed by atoms with Gasteiger partial charge in [-0.1, -0.05) is 6.92 Å². The molecule has 1 aliphatic carbocycles. The van der Waals surface area contributed by atoms with Gasteiger partial charge in [0, 0.05) is 25.3 Å². The highest BCUT2D eigenvalue weighted by Crippen LogP contribution is 2.49. The molecule has 0 spiro atoms. The second-order valence-corrected chi connectivity index (χ2v) is 6.39. The van der Waals surface area contributed by atoms with E-state index < -0.39 is 0 Å². The zero-order chi connectivity index (χ0) is 13.2. The second-order valence-electron chi connectivity index (χ2n) is 5.64. The summed E-state index contributed by atoms with van der Waals surface area (Å²) in [5.41, 5.74) is 7.37. The number of ether oxygens (including phenoxy) is 1. The van der Waals surface area contributed by atoms with Crippen LogP contribution in [0.5, 0.6) is 0 Å². The van der Waals surface area contributed by atoms with Crippen LogP contribution in [0.1, 0.15) is 50.5 Å². The second kappa shape index (κ2) is 5.67. The maximum atomic E-state index is 6.05. The van der Waals surface area contributed by atoms with Crippen LogP contribution >= 0.6 is 11.5 Å². The Kier molecular flexibility index (Phi) is 3.93. The fourth-order valence-corrected chi connectivity index (χ4v) is 3.76. The van der Waals surface area contributed by atoms with E-state index in [2.05, 4.69) is 16.2 Å². The molecule has 1 unspecified atom stereocenters. The van der Waals surface area contributed by atoms with Crippen LogP contribution in [-0.4, -0.2) is 30.2 Å². The van der Waals surface area contributed by atoms with Crippen LogP contribution in [0.25, 0.3) is 0 Å². The Balaban J connectivity index is 1.71. The number of hydrogen-bond donors (Lipinski definition) is 1. The van der Waals surface area contributed by atoms with Crippen molar-refractivity contribution in [1.29, 1.82) is 0 Å². The Labute approximate surface area is 119 Å². The van der Waals surface area contributed by atoms with Gasteiger partial charge in [0.2, 0.25) is 0 Å². The maximum absolute atomic E-state index is 6.05. The standard InChI is InChI=1S/C14H23N3OS/c1-2-8-18-11-4-3-7-17(9-11)14-12(10-5-6-10)13(15)16-19-14/h10-11H,2-9H2,1H3,(H2,15,16). The van der Waals surface area contributed by atoms with Crippen molar-refractivity contribution in [2.75, 3.05) is 30.3 Å². The predicted molar refractivity (Wildman–Crippen MR) is 80.0 cm³/mol. The fraction of sp³-hybridized carbons (Fsp3) is 0.786. The van der Waals surface area contributed by atoms with Crippen molar-refractivity contribution in [2.45, 2.75) is 51.0 Å². The van der Waals surface area contributed by atoms with Crippen molar-refractivity contribution in [1.82, 2.24) is 4.37 Å². The minimum atomic E-state index is 0.379. The Morgan fingerprint density at radius 1 is 1.42 bits per heavy atom. The monoisotopic (exact) mass is 281 g/mol. The number of aromatic nitrogens is 1. The average molecular weight is 281 g/mol. The lowest BCUT2D eigenvalue weighted by Gasteiger charge is -2.33. The van der Waals surface area contributed by atoms with E-state index in [1.54, 1.807) is 11.5 Å². The van der Waals surface area contributed by atoms with Crippen molar-refractivity contribution in [3.8, 4) is 0 Å². The van der Waals surface area contributed by atoms with Crippen molar-refractivity contribution in [3.05, 3.63) is 5.56 Å². The molecule has 1 aliphatic heterocycles. The summed E-state index contributed by atoms with van der Waals surface area (Å²) in [7, 11) is 0. The van der Waals surface area contributed by atoms with E-state index in [-0.39, 0.29) is 0 Å². The van der Waals surface area contributed by atoms with E-state index in [4.69, 9.17) is 10.5 Å². The van der Waals surface area contributed by atoms with Crippen molar-refractivity contribution < 1.29 is 4.74 Å². The highest BCUT2D eigenvalue weighted by atomic mass is 32.1. The van der Waals surface area contributed by atoms with Gasteiger partial charge in [0.15, 0.2) is 0 Å². The van der Waals surface area contributed by atoms with E-state index in [0.717, 1.165) is 31.9 Å². The average Bonchev–Trinajstić information content (AvgIpc) is 3.19. The van der Waals surface area contributed by atoms with Crippen LogP contribution in [0.2, 0.25) is 0 Å². The molecular weight excluding hydrogens is 258 g/mol. The van der Waals surface area contributed by atoms with Crippen LogP contribution in [0.15, 0.2) is 0 Å². The zero-order valence-electron chi connectivity index (χ0n) is 11.6. The Morgan fingerprint density at radius 2 is 2.26 bits per heavy atom. The number of piperidine rings is 1. The molecule has 2 fully saturated rings. The number of anilines is 2. The number of nitrogens with two attached hydrogens (primary N) is 1. The van der Waals surface area contributed by atoms with Crippen LogP contribution < -0.4 is 10.6 Å². The molecule has 4 nitrogen and oxygen atoms in total. The molecular formula is C14H23N3OS. The summed E-state index contributed by atoms with van der Waals surface area (Å²) in [6, 6.07) is 0. The van der Waals surface area contributed by atoms with Gasteiger partial charge in [-0.15, -0.1) is 0 Å². The molecule has 19 heavy (non-hydrogen) atoms. The van der Waals surface area contributed by atoms with Gasteiger partial charge in [-0.2, -0.15) is 4.37 Å². The van der Waals surface area contributed by atoms with E-state index in [1.807, 2.05) is 0 Å². The summed E-state index contributed by atoms with van der Waals surface area (Å²) in [6.07, 6.45) is 6.42.